The van der Waals surface area contributed by atoms with Crippen molar-refractivity contribution >= 4 is 33.2 Å². The normalized spacial score (nSPS) is 10.5. The standard InChI is InChI=1S/C14H14N4O.Rb/c1-18(2)8-3-4-11-10(7-8)12-9(13(15)17-11)5-6-16-14(12)19;/h3-7H,1-2H3,(H3,15,16,17,19);/q;+1/p-1. The van der Waals surface area contributed by atoms with Crippen LogP contribution in [0.25, 0.3) is 27.4 Å². The van der Waals surface area contributed by atoms with Crippen LogP contribution in [0.5, 0.6) is 0 Å². The quantitative estimate of drug-likeness (QED) is 0.626. The fraction of sp³-hybridized carbons (Fsp3) is 0.143. The van der Waals surface area contributed by atoms with Gasteiger partial charge in [0.25, 0.3) is 5.56 Å². The molecule has 0 fully saturated rings. The van der Waals surface area contributed by atoms with E-state index in [2.05, 4.69) is 9.97 Å². The first-order valence-corrected chi connectivity index (χ1v) is 5.92. The molecule has 0 amide bonds. The molecule has 20 heavy (non-hydrogen) atoms. The van der Waals surface area contributed by atoms with Gasteiger partial charge in [0.2, 0.25) is 0 Å². The number of aromatic nitrogens is 2. The Morgan fingerprint density at radius 2 is 1.95 bits per heavy atom. The van der Waals surface area contributed by atoms with Crippen LogP contribution in [0.3, 0.4) is 0 Å². The van der Waals surface area contributed by atoms with Crippen molar-refractivity contribution in [3.05, 3.63) is 46.5 Å². The van der Waals surface area contributed by atoms with E-state index < -0.39 is 0 Å². The van der Waals surface area contributed by atoms with Crippen LogP contribution in [0, 0.1) is 0 Å². The van der Waals surface area contributed by atoms with Crippen LogP contribution in [0.2, 0.25) is 0 Å². The van der Waals surface area contributed by atoms with Crippen molar-refractivity contribution in [2.75, 3.05) is 19.0 Å². The molecule has 0 atom stereocenters. The molecule has 0 bridgehead atoms. The summed E-state index contributed by atoms with van der Waals surface area (Å²) < 4.78 is 0. The molecule has 2 aromatic heterocycles. The summed E-state index contributed by atoms with van der Waals surface area (Å²) in [6.07, 6.45) is 1.55. The van der Waals surface area contributed by atoms with Gasteiger partial charge in [-0.3, -0.25) is 4.79 Å². The number of hydrogen-bond acceptors (Lipinski definition) is 3. The van der Waals surface area contributed by atoms with Gasteiger partial charge in [0.15, 0.2) is 0 Å². The predicted octanol–water partition coefficient (Wildman–Crippen LogP) is -0.170. The zero-order valence-corrected chi connectivity index (χ0v) is 16.6. The van der Waals surface area contributed by atoms with Crippen molar-refractivity contribution < 1.29 is 58.2 Å². The second-order valence-corrected chi connectivity index (χ2v) is 4.65. The molecule has 5 nitrogen and oxygen atoms in total. The molecule has 2 heterocycles. The van der Waals surface area contributed by atoms with Crippen LogP contribution in [0.1, 0.15) is 0 Å². The monoisotopic (exact) mass is 338 g/mol. The maximum Gasteiger partial charge on any atom is 1.00 e. The fourth-order valence-electron chi connectivity index (χ4n) is 2.22. The van der Waals surface area contributed by atoms with E-state index in [1.165, 1.54) is 0 Å². The number of aromatic amines is 1. The van der Waals surface area contributed by atoms with Gasteiger partial charge in [-0.15, -0.1) is 0 Å². The van der Waals surface area contributed by atoms with E-state index in [0.29, 0.717) is 16.3 Å². The van der Waals surface area contributed by atoms with E-state index in [9.17, 15) is 4.79 Å². The number of nitrogens with one attached hydrogen (secondary N) is 2. The zero-order valence-electron chi connectivity index (χ0n) is 11.7. The Bertz CT molecular complexity index is 842. The number of rotatable bonds is 1. The summed E-state index contributed by atoms with van der Waals surface area (Å²) in [5.41, 5.74) is 9.38. The molecule has 3 aromatic rings. The minimum atomic E-state index is -0.186. The minimum absolute atomic E-state index is 0. The average Bonchev–Trinajstić information content (AvgIpc) is 2.38. The molecule has 0 saturated carbocycles. The summed E-state index contributed by atoms with van der Waals surface area (Å²) in [4.78, 5) is 20.9. The molecule has 6 heteroatoms. The number of benzene rings is 1. The summed E-state index contributed by atoms with van der Waals surface area (Å²) in [7, 11) is 3.89. The van der Waals surface area contributed by atoms with E-state index in [1.807, 2.05) is 37.2 Å². The third kappa shape index (κ3) is 2.55. The van der Waals surface area contributed by atoms with Crippen LogP contribution >= 0.6 is 0 Å². The Balaban J connectivity index is 0.00000147. The summed E-state index contributed by atoms with van der Waals surface area (Å²) in [6.45, 7) is 0. The van der Waals surface area contributed by atoms with E-state index >= 15 is 0 Å². The molecule has 96 valence electrons. The van der Waals surface area contributed by atoms with Gasteiger partial charge >= 0.3 is 58.2 Å². The molecule has 1 aromatic carbocycles. The Hall–Kier alpha value is -0.755. The van der Waals surface area contributed by atoms with Gasteiger partial charge in [-0.05, 0) is 34.5 Å². The predicted molar refractivity (Wildman–Crippen MR) is 78.2 cm³/mol. The average molecular weight is 339 g/mol. The second kappa shape index (κ2) is 5.93. The fourth-order valence-corrected chi connectivity index (χ4v) is 2.22. The number of nitrogens with zero attached hydrogens (tertiary/aromatic N) is 2. The molecule has 0 radical (unpaired) electrons. The molecule has 0 aliphatic rings. The molecular weight excluding hydrogens is 326 g/mol. The van der Waals surface area contributed by atoms with E-state index in [0.717, 1.165) is 11.1 Å². The zero-order chi connectivity index (χ0) is 13.6. The maximum absolute atomic E-state index is 12.0. The van der Waals surface area contributed by atoms with Gasteiger partial charge in [0.1, 0.15) is 0 Å². The molecule has 0 saturated heterocycles. The smallest absolute Gasteiger partial charge is 0.482 e. The number of fused-ring (bicyclic) bond motifs is 3. The van der Waals surface area contributed by atoms with E-state index in [4.69, 9.17) is 5.73 Å². The van der Waals surface area contributed by atoms with Crippen molar-refractivity contribution in [2.24, 2.45) is 0 Å². The third-order valence-corrected chi connectivity index (χ3v) is 3.21. The summed E-state index contributed by atoms with van der Waals surface area (Å²) >= 11 is 0. The van der Waals surface area contributed by atoms with Gasteiger partial charge in [-0.25, -0.2) is 0 Å². The summed E-state index contributed by atoms with van der Waals surface area (Å²) in [5, 5.41) is 1.88. The molecule has 3 rings (SSSR count). The maximum atomic E-state index is 12.0. The molecule has 0 aliphatic heterocycles. The van der Waals surface area contributed by atoms with Gasteiger partial charge in [0.05, 0.1) is 5.39 Å². The van der Waals surface area contributed by atoms with E-state index in [1.54, 1.807) is 12.3 Å². The summed E-state index contributed by atoms with van der Waals surface area (Å²) in [6, 6.07) is 7.42. The van der Waals surface area contributed by atoms with Crippen molar-refractivity contribution in [3.63, 3.8) is 0 Å². The van der Waals surface area contributed by atoms with Crippen molar-refractivity contribution in [1.29, 1.82) is 0 Å². The van der Waals surface area contributed by atoms with Crippen LogP contribution < -0.4 is 68.6 Å². The Labute approximate surface area is 165 Å². The van der Waals surface area contributed by atoms with Crippen molar-refractivity contribution in [3.8, 4) is 0 Å². The Kier molecular flexibility index (Phi) is 4.64. The first kappa shape index (κ1) is 15.6. The number of anilines is 1. The van der Waals surface area contributed by atoms with Crippen LogP contribution in [0.15, 0.2) is 35.3 Å². The van der Waals surface area contributed by atoms with Crippen LogP contribution in [-0.4, -0.2) is 24.1 Å². The SMILES string of the molecule is CN(C)c1ccc2nc([NH-])c3cc[nH]c(=O)c3c2c1.[Rb+]. The molecule has 2 N–H and O–H groups in total. The van der Waals surface area contributed by atoms with Gasteiger partial charge in [-0.2, -0.15) is 0 Å². The third-order valence-electron chi connectivity index (χ3n) is 3.21. The Morgan fingerprint density at radius 1 is 1.20 bits per heavy atom. The number of H-pyrrole nitrogens is 1. The van der Waals surface area contributed by atoms with Crippen molar-refractivity contribution in [2.45, 2.75) is 0 Å². The largest absolute Gasteiger partial charge is 1.00 e. The molecule has 0 unspecified atom stereocenters. The summed E-state index contributed by atoms with van der Waals surface area (Å²) in [5.74, 6) is 0.131. The van der Waals surface area contributed by atoms with Gasteiger partial charge in [0, 0.05) is 26.0 Å². The van der Waals surface area contributed by atoms with Gasteiger partial charge < -0.3 is 20.6 Å². The topological polar surface area (TPSA) is 72.8 Å². The first-order chi connectivity index (χ1) is 9.08. The number of hydrogen-bond donors (Lipinski definition) is 1. The first-order valence-electron chi connectivity index (χ1n) is 5.92. The Morgan fingerprint density at radius 3 is 2.65 bits per heavy atom. The molecule has 0 aliphatic carbocycles. The molecule has 0 spiro atoms. The second-order valence-electron chi connectivity index (χ2n) is 4.65. The number of pyridine rings is 2. The molecular formula is C14H13N4ORb. The van der Waals surface area contributed by atoms with Crippen molar-refractivity contribution in [1.82, 2.24) is 9.97 Å². The minimum Gasteiger partial charge on any atom is -0.482 e. The van der Waals surface area contributed by atoms with Gasteiger partial charge in [-0.1, -0.05) is 11.9 Å². The van der Waals surface area contributed by atoms with E-state index in [-0.39, 0.29) is 69.6 Å². The van der Waals surface area contributed by atoms with Crippen LogP contribution in [-0.2, 0) is 0 Å². The van der Waals surface area contributed by atoms with Crippen LogP contribution in [0.4, 0.5) is 11.5 Å².